The molecular formula is C20H31N3O2. The molecule has 5 nitrogen and oxygen atoms in total. The molecule has 1 atom stereocenters. The van der Waals surface area contributed by atoms with Crippen molar-refractivity contribution in [2.24, 2.45) is 0 Å². The zero-order valence-electron chi connectivity index (χ0n) is 15.3. The zero-order valence-corrected chi connectivity index (χ0v) is 15.3. The molecule has 2 saturated heterocycles. The molecular weight excluding hydrogens is 314 g/mol. The third-order valence-corrected chi connectivity index (χ3v) is 5.21. The molecule has 1 aromatic carbocycles. The number of urea groups is 1. The van der Waals surface area contributed by atoms with Crippen molar-refractivity contribution in [2.75, 3.05) is 39.3 Å². The van der Waals surface area contributed by atoms with Crippen LogP contribution in [0, 0.1) is 0 Å². The molecule has 0 radical (unpaired) electrons. The van der Waals surface area contributed by atoms with E-state index in [-0.39, 0.29) is 12.1 Å². The fourth-order valence-electron chi connectivity index (χ4n) is 3.68. The van der Waals surface area contributed by atoms with Gasteiger partial charge in [0.1, 0.15) is 0 Å². The summed E-state index contributed by atoms with van der Waals surface area (Å²) in [6.45, 7) is 7.52. The first-order chi connectivity index (χ1) is 12.2. The molecule has 1 N–H and O–H groups in total. The number of nitrogens with zero attached hydrogens (tertiary/aromatic N) is 2. The van der Waals surface area contributed by atoms with Gasteiger partial charge in [-0.05, 0) is 38.2 Å². The minimum absolute atomic E-state index is 0.0834. The normalized spacial score (nSPS) is 23.2. The first kappa shape index (κ1) is 18.2. The van der Waals surface area contributed by atoms with E-state index >= 15 is 0 Å². The first-order valence-corrected chi connectivity index (χ1v) is 9.64. The Balaban J connectivity index is 1.38. The van der Waals surface area contributed by atoms with Crippen molar-refractivity contribution in [1.29, 1.82) is 0 Å². The van der Waals surface area contributed by atoms with Gasteiger partial charge in [0.2, 0.25) is 0 Å². The standard InChI is InChI=1S/C20H31N3O2/c1-17-16-23(11-5-15-25-17)20(24)21-19-9-13-22(14-10-19)12-8-18-6-3-2-4-7-18/h2-4,6-7,17,19H,5,8-16H2,1H3,(H,21,24)/t17-/m0/s1. The Morgan fingerprint density at radius 3 is 2.72 bits per heavy atom. The van der Waals surface area contributed by atoms with Crippen molar-refractivity contribution in [3.63, 3.8) is 0 Å². The van der Waals surface area contributed by atoms with Crippen LogP contribution in [0.15, 0.2) is 30.3 Å². The van der Waals surface area contributed by atoms with Crippen molar-refractivity contribution in [2.45, 2.75) is 44.8 Å². The van der Waals surface area contributed by atoms with Crippen LogP contribution < -0.4 is 5.32 Å². The van der Waals surface area contributed by atoms with E-state index in [9.17, 15) is 4.79 Å². The van der Waals surface area contributed by atoms with Gasteiger partial charge in [-0.3, -0.25) is 0 Å². The fourth-order valence-corrected chi connectivity index (χ4v) is 3.68. The number of rotatable bonds is 4. The fraction of sp³-hybridized carbons (Fsp3) is 0.650. The number of nitrogens with one attached hydrogen (secondary N) is 1. The second-order valence-corrected chi connectivity index (χ2v) is 7.28. The maximum absolute atomic E-state index is 12.5. The largest absolute Gasteiger partial charge is 0.377 e. The molecule has 1 aromatic rings. The summed E-state index contributed by atoms with van der Waals surface area (Å²) in [4.78, 5) is 16.9. The third-order valence-electron chi connectivity index (χ3n) is 5.21. The van der Waals surface area contributed by atoms with E-state index < -0.39 is 0 Å². The number of hydrogen-bond donors (Lipinski definition) is 1. The van der Waals surface area contributed by atoms with Gasteiger partial charge < -0.3 is 19.9 Å². The average Bonchev–Trinajstić information content (AvgIpc) is 2.86. The second kappa shape index (κ2) is 9.20. The zero-order chi connectivity index (χ0) is 17.5. The van der Waals surface area contributed by atoms with Gasteiger partial charge in [-0.25, -0.2) is 4.79 Å². The molecule has 138 valence electrons. The van der Waals surface area contributed by atoms with E-state index in [0.717, 1.165) is 58.5 Å². The predicted molar refractivity (Wildman–Crippen MR) is 99.7 cm³/mol. The SMILES string of the molecule is C[C@H]1CN(C(=O)NC2CCN(CCc3ccccc3)CC2)CCCO1. The van der Waals surface area contributed by atoms with Crippen LogP contribution in [-0.2, 0) is 11.2 Å². The van der Waals surface area contributed by atoms with E-state index in [1.807, 2.05) is 11.8 Å². The van der Waals surface area contributed by atoms with Crippen molar-refractivity contribution < 1.29 is 9.53 Å². The Kier molecular flexibility index (Phi) is 6.70. The van der Waals surface area contributed by atoms with Crippen LogP contribution in [0.3, 0.4) is 0 Å². The molecule has 0 aromatic heterocycles. The number of piperidine rings is 1. The first-order valence-electron chi connectivity index (χ1n) is 9.64. The lowest BCUT2D eigenvalue weighted by Gasteiger charge is -2.33. The molecule has 5 heteroatoms. The number of hydrogen-bond acceptors (Lipinski definition) is 3. The van der Waals surface area contributed by atoms with Gasteiger partial charge in [-0.1, -0.05) is 30.3 Å². The number of ether oxygens (including phenoxy) is 1. The highest BCUT2D eigenvalue weighted by Gasteiger charge is 2.24. The number of carbonyl (C=O) groups is 1. The average molecular weight is 345 g/mol. The number of benzene rings is 1. The van der Waals surface area contributed by atoms with Crippen LogP contribution in [0.4, 0.5) is 4.79 Å². The summed E-state index contributed by atoms with van der Waals surface area (Å²) in [5.41, 5.74) is 1.40. The summed E-state index contributed by atoms with van der Waals surface area (Å²) in [5, 5.41) is 3.24. The highest BCUT2D eigenvalue weighted by molar-refractivity contribution is 5.74. The predicted octanol–water partition coefficient (Wildman–Crippen LogP) is 2.51. The Labute approximate surface area is 151 Å². The van der Waals surface area contributed by atoms with Gasteiger partial charge >= 0.3 is 6.03 Å². The molecule has 2 fully saturated rings. The molecule has 0 bridgehead atoms. The van der Waals surface area contributed by atoms with Gasteiger partial charge in [0, 0.05) is 45.4 Å². The minimum atomic E-state index is 0.0834. The van der Waals surface area contributed by atoms with E-state index in [4.69, 9.17) is 4.74 Å². The van der Waals surface area contributed by atoms with Crippen LogP contribution in [0.2, 0.25) is 0 Å². The smallest absolute Gasteiger partial charge is 0.317 e. The lowest BCUT2D eigenvalue weighted by atomic mass is 10.0. The Morgan fingerprint density at radius 1 is 1.20 bits per heavy atom. The lowest BCUT2D eigenvalue weighted by Crippen LogP contribution is -2.50. The van der Waals surface area contributed by atoms with E-state index in [2.05, 4.69) is 40.5 Å². The van der Waals surface area contributed by atoms with Gasteiger partial charge in [0.25, 0.3) is 0 Å². The van der Waals surface area contributed by atoms with Gasteiger partial charge in [0.05, 0.1) is 6.10 Å². The van der Waals surface area contributed by atoms with Crippen LogP contribution in [-0.4, -0.2) is 67.3 Å². The van der Waals surface area contributed by atoms with Crippen molar-refractivity contribution in [1.82, 2.24) is 15.1 Å². The number of likely N-dealkylation sites (tertiary alicyclic amines) is 1. The minimum Gasteiger partial charge on any atom is -0.377 e. The molecule has 0 spiro atoms. The monoisotopic (exact) mass is 345 g/mol. The molecule has 2 aliphatic rings. The third kappa shape index (κ3) is 5.72. The molecule has 25 heavy (non-hydrogen) atoms. The van der Waals surface area contributed by atoms with Crippen LogP contribution in [0.5, 0.6) is 0 Å². The lowest BCUT2D eigenvalue weighted by molar-refractivity contribution is 0.0706. The summed E-state index contributed by atoms with van der Waals surface area (Å²) in [5.74, 6) is 0. The number of carbonyl (C=O) groups excluding carboxylic acids is 1. The summed E-state index contributed by atoms with van der Waals surface area (Å²) in [6.07, 6.45) is 4.24. The van der Waals surface area contributed by atoms with Crippen LogP contribution >= 0.6 is 0 Å². The summed E-state index contributed by atoms with van der Waals surface area (Å²) >= 11 is 0. The van der Waals surface area contributed by atoms with Gasteiger partial charge in [0.15, 0.2) is 0 Å². The van der Waals surface area contributed by atoms with Crippen molar-refractivity contribution in [3.05, 3.63) is 35.9 Å². The quantitative estimate of drug-likeness (QED) is 0.912. The van der Waals surface area contributed by atoms with Crippen molar-refractivity contribution in [3.8, 4) is 0 Å². The van der Waals surface area contributed by atoms with E-state index in [1.54, 1.807) is 0 Å². The summed E-state index contributed by atoms with van der Waals surface area (Å²) in [7, 11) is 0. The molecule has 2 heterocycles. The summed E-state index contributed by atoms with van der Waals surface area (Å²) < 4.78 is 5.62. The highest BCUT2D eigenvalue weighted by atomic mass is 16.5. The molecule has 3 rings (SSSR count). The molecule has 0 saturated carbocycles. The van der Waals surface area contributed by atoms with Gasteiger partial charge in [-0.2, -0.15) is 0 Å². The molecule has 0 aliphatic carbocycles. The molecule has 2 amide bonds. The van der Waals surface area contributed by atoms with Crippen LogP contribution in [0.25, 0.3) is 0 Å². The highest BCUT2D eigenvalue weighted by Crippen LogP contribution is 2.13. The molecule has 2 aliphatic heterocycles. The second-order valence-electron chi connectivity index (χ2n) is 7.28. The number of amides is 2. The van der Waals surface area contributed by atoms with Crippen molar-refractivity contribution >= 4 is 6.03 Å². The van der Waals surface area contributed by atoms with E-state index in [0.29, 0.717) is 12.6 Å². The maximum Gasteiger partial charge on any atom is 0.317 e. The Bertz CT molecular complexity index is 529. The summed E-state index contributed by atoms with van der Waals surface area (Å²) in [6, 6.07) is 11.0. The van der Waals surface area contributed by atoms with Crippen LogP contribution in [0.1, 0.15) is 31.7 Å². The Hall–Kier alpha value is -1.59. The van der Waals surface area contributed by atoms with E-state index in [1.165, 1.54) is 5.56 Å². The molecule has 0 unspecified atom stereocenters. The topological polar surface area (TPSA) is 44.8 Å². The van der Waals surface area contributed by atoms with Gasteiger partial charge in [-0.15, -0.1) is 0 Å². The Morgan fingerprint density at radius 2 is 1.96 bits per heavy atom. The maximum atomic E-state index is 12.5.